The molecule has 0 saturated carbocycles. The molecule has 0 fully saturated rings. The van der Waals surface area contributed by atoms with Crippen molar-refractivity contribution in [1.29, 1.82) is 0 Å². The van der Waals surface area contributed by atoms with Gasteiger partial charge in [0.15, 0.2) is 16.1 Å². The molecule has 12 aromatic rings. The number of nitrogens with zero attached hydrogens (tertiary/aromatic N) is 1. The highest BCUT2D eigenvalue weighted by Crippen LogP contribution is 2.67. The van der Waals surface area contributed by atoms with Gasteiger partial charge in [-0.15, -0.1) is 0 Å². The molecule has 3 atom stereocenters. The molecule has 0 aromatic heterocycles. The zero-order chi connectivity index (χ0) is 53.9. The summed E-state index contributed by atoms with van der Waals surface area (Å²) in [5.74, 6) is 0. The van der Waals surface area contributed by atoms with Crippen molar-refractivity contribution in [2.24, 2.45) is 0 Å². The van der Waals surface area contributed by atoms with Gasteiger partial charge in [0.2, 0.25) is 0 Å². The van der Waals surface area contributed by atoms with E-state index in [4.69, 9.17) is 0 Å². The molecule has 82 heavy (non-hydrogen) atoms. The summed E-state index contributed by atoms with van der Waals surface area (Å²) in [5, 5.41) is 12.2. The van der Waals surface area contributed by atoms with E-state index < -0.39 is 21.6 Å². The zero-order valence-corrected chi connectivity index (χ0v) is 48.5. The Morgan fingerprint density at radius 2 is 0.659 bits per heavy atom. The zero-order valence-electron chi connectivity index (χ0n) is 46.5. The van der Waals surface area contributed by atoms with Gasteiger partial charge in [-0.25, -0.2) is 0 Å². The standard InChI is InChI=1S/C79H51NSi2/c1-40-25-43(4)73(44(5)26-40)49-34-63-76-69(36-49)81-65-17-11-8-14-53(65)59-32-47(20-23-67(59)81)56-29-42(3)30-57-48-21-24-68-60(33-48)54-15-9-12-18-66(54)82(68)70-37-50-35-64(77(70)80(76)78-71(81)38-51(75(56)57)39-72(78)82)79(63)61-16-10-7-13-52(61)58-31-46(19-22-62(58)79)55-28-41(2)27-45(6)74(50)55/h7-39H,1-6H3. The minimum absolute atomic E-state index is 0.678. The highest BCUT2D eigenvalue weighted by Gasteiger charge is 2.66. The summed E-state index contributed by atoms with van der Waals surface area (Å²) < 4.78 is 0. The van der Waals surface area contributed by atoms with Crippen LogP contribution in [0.4, 0.5) is 17.1 Å². The van der Waals surface area contributed by atoms with Crippen LogP contribution in [0.2, 0.25) is 0 Å². The van der Waals surface area contributed by atoms with E-state index in [0.29, 0.717) is 0 Å². The van der Waals surface area contributed by atoms with Crippen molar-refractivity contribution < 1.29 is 0 Å². The maximum Gasteiger partial charge on any atom is 0.185 e. The number of fused-ring (bicyclic) bond motifs is 6. The van der Waals surface area contributed by atoms with Gasteiger partial charge in [0.1, 0.15) is 0 Å². The smallest absolute Gasteiger partial charge is 0.185 e. The number of benzene rings is 12. The average Bonchev–Trinajstić information content (AvgIpc) is 1.26. The summed E-state index contributed by atoms with van der Waals surface area (Å²) in [4.78, 5) is 2.95. The van der Waals surface area contributed by atoms with E-state index in [1.807, 2.05) is 0 Å². The first-order valence-corrected chi connectivity index (χ1v) is 33.5. The molecule has 3 spiro atoms. The molecule has 380 valence electrons. The topological polar surface area (TPSA) is 3.24 Å². The third-order valence-electron chi connectivity index (χ3n) is 21.8. The highest BCUT2D eigenvalue weighted by molar-refractivity contribution is 7.27. The second-order valence-corrected chi connectivity index (χ2v) is 33.1. The molecule has 0 radical (unpaired) electrons. The van der Waals surface area contributed by atoms with Crippen LogP contribution in [0.5, 0.6) is 0 Å². The molecule has 0 saturated heterocycles. The molecule has 0 amide bonds. The SMILES string of the molecule is Cc1cc(C)c(-c2cc3c4c(c2)[Si]25c6ccccc6-c6cc(ccc62)-c2cc(C)cc6c2-c2cc5c5c(c2)[Si]2(c7ccccc7-c7cc-6ccc72)c2cc6cc(c2N45)C32c3ccccc3-c3cc(ccc32)-c2cc(C)cc(C)c2-6)c(C)c1. The first kappa shape index (κ1) is 43.6. The molecule has 3 aliphatic carbocycles. The van der Waals surface area contributed by atoms with E-state index in [2.05, 4.69) is 247 Å². The van der Waals surface area contributed by atoms with E-state index in [1.165, 1.54) is 204 Å². The van der Waals surface area contributed by atoms with Gasteiger partial charge in [-0.2, -0.15) is 0 Å². The van der Waals surface area contributed by atoms with Crippen LogP contribution in [0, 0.1) is 41.5 Å². The van der Waals surface area contributed by atoms with Crippen molar-refractivity contribution >= 4 is 74.7 Å². The van der Waals surface area contributed by atoms with Gasteiger partial charge in [-0.3, -0.25) is 0 Å². The van der Waals surface area contributed by atoms with Crippen LogP contribution in [-0.2, 0) is 5.41 Å². The van der Waals surface area contributed by atoms with E-state index >= 15 is 0 Å². The first-order chi connectivity index (χ1) is 40.1. The van der Waals surface area contributed by atoms with Crippen LogP contribution < -0.4 is 46.4 Å². The molecule has 24 rings (SSSR count). The Morgan fingerprint density at radius 3 is 1.23 bits per heavy atom. The predicted octanol–water partition coefficient (Wildman–Crippen LogP) is 14.0. The molecular formula is C79H51NSi2. The Bertz CT molecular complexity index is 5190. The summed E-state index contributed by atoms with van der Waals surface area (Å²) in [6, 6.07) is 83.8. The van der Waals surface area contributed by atoms with Gasteiger partial charge in [0.25, 0.3) is 0 Å². The van der Waals surface area contributed by atoms with Crippen molar-refractivity contribution in [3.63, 3.8) is 0 Å². The van der Waals surface area contributed by atoms with E-state index in [1.54, 1.807) is 10.4 Å². The maximum atomic E-state index is 2.95. The Balaban J connectivity index is 1.09. The number of anilines is 3. The van der Waals surface area contributed by atoms with Crippen LogP contribution in [0.15, 0.2) is 200 Å². The fraction of sp³-hybridized carbons (Fsp3) is 0.0886. The van der Waals surface area contributed by atoms with Gasteiger partial charge in [-0.05, 0) is 258 Å². The molecular weight excluding hydrogens is 1020 g/mol. The number of hydrogen-bond acceptors (Lipinski definition) is 1. The van der Waals surface area contributed by atoms with Crippen molar-refractivity contribution in [3.05, 3.63) is 256 Å². The molecule has 17 bridgehead atoms. The van der Waals surface area contributed by atoms with Crippen LogP contribution in [0.3, 0.4) is 0 Å². The maximum absolute atomic E-state index is 3.33. The van der Waals surface area contributed by atoms with Gasteiger partial charge in [-0.1, -0.05) is 181 Å². The number of rotatable bonds is 1. The van der Waals surface area contributed by atoms with Gasteiger partial charge >= 0.3 is 0 Å². The number of aryl methyl sites for hydroxylation is 6. The second-order valence-electron chi connectivity index (χ2n) is 25.8. The van der Waals surface area contributed by atoms with E-state index in [0.717, 1.165) is 0 Å². The third kappa shape index (κ3) is 4.45. The van der Waals surface area contributed by atoms with E-state index in [9.17, 15) is 0 Å². The van der Waals surface area contributed by atoms with Crippen LogP contribution >= 0.6 is 0 Å². The van der Waals surface area contributed by atoms with Crippen LogP contribution in [-0.4, -0.2) is 16.1 Å². The monoisotopic (exact) mass is 1070 g/mol. The number of hydrogen-bond donors (Lipinski definition) is 0. The summed E-state index contributed by atoms with van der Waals surface area (Å²) in [5.41, 5.74) is 41.3. The fourth-order valence-corrected chi connectivity index (χ4v) is 30.7. The fourth-order valence-electron chi connectivity index (χ4n) is 19.4. The molecule has 9 heterocycles. The molecule has 3 heteroatoms. The lowest BCUT2D eigenvalue weighted by atomic mass is 9.63. The third-order valence-corrected chi connectivity index (χ3v) is 31.5. The Labute approximate surface area is 479 Å². The van der Waals surface area contributed by atoms with Crippen molar-refractivity contribution in [2.45, 2.75) is 47.0 Å². The molecule has 12 aliphatic rings. The Morgan fingerprint density at radius 1 is 0.256 bits per heavy atom. The highest BCUT2D eigenvalue weighted by atomic mass is 28.3. The van der Waals surface area contributed by atoms with Crippen LogP contribution in [0.25, 0.3) is 100 Å². The van der Waals surface area contributed by atoms with E-state index in [-0.39, 0.29) is 0 Å². The largest absolute Gasteiger partial charge is 0.310 e. The predicted molar refractivity (Wildman–Crippen MR) is 346 cm³/mol. The summed E-state index contributed by atoms with van der Waals surface area (Å²) in [6.45, 7) is 14.0. The minimum atomic E-state index is -3.33. The molecule has 1 nitrogen and oxygen atoms in total. The lowest BCUT2D eigenvalue weighted by Gasteiger charge is -2.57. The molecule has 0 N–H and O–H groups in total. The quantitative estimate of drug-likeness (QED) is 0.148. The van der Waals surface area contributed by atoms with Crippen molar-refractivity contribution in [2.75, 3.05) is 4.90 Å². The summed E-state index contributed by atoms with van der Waals surface area (Å²) in [7, 11) is -6.65. The second kappa shape index (κ2) is 13.8. The van der Waals surface area contributed by atoms with Gasteiger partial charge in [0, 0.05) is 5.69 Å². The normalized spacial score (nSPS) is 19.5. The molecule has 12 aromatic carbocycles. The molecule has 9 aliphatic heterocycles. The lowest BCUT2D eigenvalue weighted by Crippen LogP contribution is -2.81. The summed E-state index contributed by atoms with van der Waals surface area (Å²) >= 11 is 0. The van der Waals surface area contributed by atoms with Gasteiger partial charge < -0.3 is 4.90 Å². The first-order valence-electron chi connectivity index (χ1n) is 29.5. The van der Waals surface area contributed by atoms with Crippen molar-refractivity contribution in [1.82, 2.24) is 0 Å². The minimum Gasteiger partial charge on any atom is -0.310 e. The average molecular weight is 1070 g/mol. The van der Waals surface area contributed by atoms with Gasteiger partial charge in [0.05, 0.1) is 16.8 Å². The summed E-state index contributed by atoms with van der Waals surface area (Å²) in [6.07, 6.45) is 0. The lowest BCUT2D eigenvalue weighted by molar-refractivity contribution is 0.755. The Hall–Kier alpha value is -9.13. The van der Waals surface area contributed by atoms with Crippen molar-refractivity contribution in [3.8, 4) is 100 Å². The van der Waals surface area contributed by atoms with Crippen LogP contribution in [0.1, 0.15) is 55.6 Å². The molecule has 3 unspecified atom stereocenters. The Kier molecular flexibility index (Phi) is 7.33.